The molecule has 0 bridgehead atoms. The van der Waals surface area contributed by atoms with Gasteiger partial charge in [0.1, 0.15) is 0 Å². The molecule has 0 aliphatic heterocycles. The number of allylic oxidation sites excluding steroid dienone is 2. The first-order chi connectivity index (χ1) is 18.9. The molecule has 2 aromatic rings. The quantitative estimate of drug-likeness (QED) is 0.295. The van der Waals surface area contributed by atoms with E-state index in [4.69, 9.17) is 5.73 Å². The van der Waals surface area contributed by atoms with Gasteiger partial charge >= 0.3 is 0 Å². The second-order valence-electron chi connectivity index (χ2n) is 9.72. The third-order valence-electron chi connectivity index (χ3n) is 6.68. The molecule has 0 radical (unpaired) electrons. The van der Waals surface area contributed by atoms with Gasteiger partial charge < -0.3 is 5.73 Å². The number of hydrogen-bond donors (Lipinski definition) is 1. The molecule has 2 N–H and O–H groups in total. The van der Waals surface area contributed by atoms with Crippen LogP contribution in [0.4, 0.5) is 8.78 Å². The monoisotopic (exact) mass is 578 g/mol. The Balaban J connectivity index is 0.00000191. The lowest BCUT2D eigenvalue weighted by molar-refractivity contribution is -0.112. The van der Waals surface area contributed by atoms with Crippen molar-refractivity contribution in [1.29, 1.82) is 0 Å². The maximum Gasteiger partial charge on any atom is 0.271 e. The van der Waals surface area contributed by atoms with Gasteiger partial charge in [-0.1, -0.05) is 77.3 Å². The molecule has 1 aliphatic carbocycles. The molecule has 40 heavy (non-hydrogen) atoms. The molecule has 0 saturated heterocycles. The molecule has 1 aliphatic rings. The van der Waals surface area contributed by atoms with E-state index < -0.39 is 21.7 Å². The highest BCUT2D eigenvalue weighted by Crippen LogP contribution is 2.35. The number of aryl methyl sites for hydroxylation is 1. The number of nitrogens with zero attached hydrogens (tertiary/aromatic N) is 1. The first kappa shape index (κ1) is 35.6. The van der Waals surface area contributed by atoms with Crippen molar-refractivity contribution in [3.05, 3.63) is 70.8 Å². The third kappa shape index (κ3) is 9.89. The van der Waals surface area contributed by atoms with Crippen LogP contribution < -0.4 is 5.73 Å². The lowest BCUT2D eigenvalue weighted by atomic mass is 9.92. The molecule has 0 amide bonds. The maximum atomic E-state index is 14.3. The summed E-state index contributed by atoms with van der Waals surface area (Å²) in [4.78, 5) is 11.8. The van der Waals surface area contributed by atoms with Crippen molar-refractivity contribution in [2.45, 2.75) is 104 Å². The normalized spacial score (nSPS) is 14.6. The maximum absolute atomic E-state index is 14.3. The summed E-state index contributed by atoms with van der Waals surface area (Å²) in [5.74, 6) is -3.61. The largest absolute Gasteiger partial charge is 0.329 e. The Kier molecular flexibility index (Phi) is 14.9. The van der Waals surface area contributed by atoms with Gasteiger partial charge in [0.15, 0.2) is 5.78 Å². The molecule has 8 heteroatoms. The standard InChI is InChI=1S/C28H36F2N2O3S.2C2H6/c1-20-9-10-23(19-26(20)27(17-21(2)33)28(3,29)30)18-22-11-13-25(14-12-22)36(34,35)32(16-15-31)24-7-5-4-6-8-24;2*1-2/h9-14,17,19,24H,4-8,15-16,18,31H2,1-3H3;2*1-2H3/b27-17+;;. The number of benzene rings is 2. The zero-order chi connectivity index (χ0) is 30.5. The summed E-state index contributed by atoms with van der Waals surface area (Å²) >= 11 is 0. The molecule has 5 nitrogen and oxygen atoms in total. The molecule has 2 aromatic carbocycles. The Bertz CT molecular complexity index is 1200. The van der Waals surface area contributed by atoms with Gasteiger partial charge in [-0.05, 0) is 73.6 Å². The van der Waals surface area contributed by atoms with Gasteiger partial charge in [0.2, 0.25) is 10.0 Å². The topological polar surface area (TPSA) is 80.5 Å². The zero-order valence-electron chi connectivity index (χ0n) is 25.3. The van der Waals surface area contributed by atoms with Gasteiger partial charge in [-0.15, -0.1) is 0 Å². The predicted molar refractivity (Wildman–Crippen MR) is 162 cm³/mol. The van der Waals surface area contributed by atoms with Crippen LogP contribution in [-0.2, 0) is 21.2 Å². The summed E-state index contributed by atoms with van der Waals surface area (Å²) in [5, 5.41) is 0. The van der Waals surface area contributed by atoms with Crippen molar-refractivity contribution in [2.24, 2.45) is 5.73 Å². The Morgan fingerprint density at radius 2 is 1.55 bits per heavy atom. The molecule has 1 saturated carbocycles. The molecule has 0 heterocycles. The van der Waals surface area contributed by atoms with Crippen molar-refractivity contribution < 1.29 is 22.0 Å². The van der Waals surface area contributed by atoms with E-state index in [0.717, 1.165) is 56.2 Å². The van der Waals surface area contributed by atoms with Crippen LogP contribution in [0.2, 0.25) is 0 Å². The van der Waals surface area contributed by atoms with Gasteiger partial charge in [0.05, 0.1) is 4.90 Å². The van der Waals surface area contributed by atoms with Crippen LogP contribution in [0.15, 0.2) is 53.4 Å². The number of ketones is 1. The van der Waals surface area contributed by atoms with Crippen LogP contribution in [0, 0.1) is 6.92 Å². The second-order valence-corrected chi connectivity index (χ2v) is 11.6. The number of sulfonamides is 1. The Labute approximate surface area is 240 Å². The molecular weight excluding hydrogens is 530 g/mol. The van der Waals surface area contributed by atoms with Crippen LogP contribution in [-0.4, -0.2) is 43.6 Å². The fourth-order valence-corrected chi connectivity index (χ4v) is 6.56. The Morgan fingerprint density at radius 3 is 2.05 bits per heavy atom. The first-order valence-corrected chi connectivity index (χ1v) is 15.9. The molecule has 0 spiro atoms. The first-order valence-electron chi connectivity index (χ1n) is 14.4. The minimum atomic E-state index is -3.67. The van der Waals surface area contributed by atoms with Crippen molar-refractivity contribution in [2.75, 3.05) is 13.1 Å². The van der Waals surface area contributed by atoms with Crippen molar-refractivity contribution in [3.8, 4) is 0 Å². The van der Waals surface area contributed by atoms with E-state index in [-0.39, 0.29) is 23.1 Å². The van der Waals surface area contributed by atoms with Crippen molar-refractivity contribution >= 4 is 21.4 Å². The lowest BCUT2D eigenvalue weighted by Gasteiger charge is -2.33. The molecule has 0 unspecified atom stereocenters. The van der Waals surface area contributed by atoms with Crippen LogP contribution in [0.5, 0.6) is 0 Å². The minimum absolute atomic E-state index is 0.0214. The summed E-state index contributed by atoms with van der Waals surface area (Å²) in [6, 6.07) is 12.0. The molecular formula is C32H48F2N2O3S. The van der Waals surface area contributed by atoms with Gasteiger partial charge in [-0.2, -0.15) is 4.31 Å². The number of carbonyl (C=O) groups excluding carboxylic acids is 1. The fraction of sp³-hybridized carbons (Fsp3) is 0.531. The van der Waals surface area contributed by atoms with Gasteiger partial charge in [0.25, 0.3) is 5.92 Å². The average molecular weight is 579 g/mol. The lowest BCUT2D eigenvalue weighted by Crippen LogP contribution is -2.44. The highest BCUT2D eigenvalue weighted by atomic mass is 32.2. The number of halogens is 2. The number of hydrogen-bond acceptors (Lipinski definition) is 4. The Morgan fingerprint density at radius 1 is 1.00 bits per heavy atom. The molecule has 1 fully saturated rings. The summed E-state index contributed by atoms with van der Waals surface area (Å²) in [7, 11) is -3.67. The summed E-state index contributed by atoms with van der Waals surface area (Å²) in [6.45, 7) is 12.3. The molecule has 3 rings (SSSR count). The van der Waals surface area contributed by atoms with Gasteiger partial charge in [-0.25, -0.2) is 17.2 Å². The Hall–Kier alpha value is -2.42. The van der Waals surface area contributed by atoms with Crippen LogP contribution in [0.3, 0.4) is 0 Å². The highest BCUT2D eigenvalue weighted by Gasteiger charge is 2.32. The van der Waals surface area contributed by atoms with Gasteiger partial charge in [0, 0.05) is 31.6 Å². The van der Waals surface area contributed by atoms with E-state index >= 15 is 0 Å². The highest BCUT2D eigenvalue weighted by molar-refractivity contribution is 7.89. The number of nitrogens with two attached hydrogens (primary N) is 1. The summed E-state index contributed by atoms with van der Waals surface area (Å²) in [5.41, 5.74) is 8.06. The fourth-order valence-electron chi connectivity index (χ4n) is 4.86. The zero-order valence-corrected chi connectivity index (χ0v) is 26.1. The van der Waals surface area contributed by atoms with E-state index in [2.05, 4.69) is 0 Å². The second kappa shape index (κ2) is 16.7. The van der Waals surface area contributed by atoms with E-state index in [1.807, 2.05) is 33.8 Å². The van der Waals surface area contributed by atoms with E-state index in [1.54, 1.807) is 47.6 Å². The number of carbonyl (C=O) groups is 1. The molecule has 0 atom stereocenters. The molecule has 0 aromatic heterocycles. The van der Waals surface area contributed by atoms with Crippen molar-refractivity contribution in [1.82, 2.24) is 4.31 Å². The summed E-state index contributed by atoms with van der Waals surface area (Å²) < 4.78 is 56.9. The van der Waals surface area contributed by atoms with Crippen LogP contribution >= 0.6 is 0 Å². The SMILES string of the molecule is CC.CC.CC(=O)/C=C(\c1cc(Cc2ccc(S(=O)(=O)N(CCN)C3CCCCC3)cc2)ccc1C)C(C)(F)F. The predicted octanol–water partition coefficient (Wildman–Crippen LogP) is 7.55. The number of alkyl halides is 2. The minimum Gasteiger partial charge on any atom is -0.329 e. The van der Waals surface area contributed by atoms with Crippen LogP contribution in [0.1, 0.15) is 95.9 Å². The van der Waals surface area contributed by atoms with E-state index in [1.165, 1.54) is 6.92 Å². The van der Waals surface area contributed by atoms with E-state index in [9.17, 15) is 22.0 Å². The van der Waals surface area contributed by atoms with Crippen LogP contribution in [0.25, 0.3) is 5.57 Å². The van der Waals surface area contributed by atoms with Gasteiger partial charge in [-0.3, -0.25) is 4.79 Å². The average Bonchev–Trinajstić information content (AvgIpc) is 2.94. The molecule has 224 valence electrons. The number of rotatable bonds is 10. The van der Waals surface area contributed by atoms with E-state index in [0.29, 0.717) is 24.1 Å². The van der Waals surface area contributed by atoms with Crippen molar-refractivity contribution in [3.63, 3.8) is 0 Å². The third-order valence-corrected chi connectivity index (χ3v) is 8.65. The smallest absolute Gasteiger partial charge is 0.271 e. The summed E-state index contributed by atoms with van der Waals surface area (Å²) in [6.07, 6.45) is 6.30.